The Hall–Kier alpha value is -2.70. The second-order valence-electron chi connectivity index (χ2n) is 5.72. The lowest BCUT2D eigenvalue weighted by atomic mass is 10.1. The SMILES string of the molecule is Cc1cc(C(C)OC(=O)c2cc(N3CCCC3=O)ccc2F)no1. The number of halogens is 1. The molecule has 1 amide bonds. The lowest BCUT2D eigenvalue weighted by molar-refractivity contribution is -0.117. The zero-order valence-corrected chi connectivity index (χ0v) is 13.4. The van der Waals surface area contributed by atoms with E-state index in [4.69, 9.17) is 9.26 Å². The van der Waals surface area contributed by atoms with Gasteiger partial charge in [0, 0.05) is 24.7 Å². The van der Waals surface area contributed by atoms with Crippen LogP contribution >= 0.6 is 0 Å². The first-order chi connectivity index (χ1) is 11.5. The van der Waals surface area contributed by atoms with Crippen LogP contribution < -0.4 is 4.90 Å². The maximum Gasteiger partial charge on any atom is 0.341 e. The number of nitrogens with zero attached hydrogens (tertiary/aromatic N) is 2. The summed E-state index contributed by atoms with van der Waals surface area (Å²) in [5.74, 6) is -0.950. The molecule has 0 spiro atoms. The third-order valence-corrected chi connectivity index (χ3v) is 3.90. The molecule has 2 heterocycles. The third kappa shape index (κ3) is 3.15. The number of esters is 1. The summed E-state index contributed by atoms with van der Waals surface area (Å²) in [4.78, 5) is 25.6. The van der Waals surface area contributed by atoms with E-state index in [9.17, 15) is 14.0 Å². The number of hydrogen-bond donors (Lipinski definition) is 0. The Morgan fingerprint density at radius 1 is 1.42 bits per heavy atom. The monoisotopic (exact) mass is 332 g/mol. The number of benzene rings is 1. The average Bonchev–Trinajstić information content (AvgIpc) is 3.16. The van der Waals surface area contributed by atoms with E-state index < -0.39 is 17.9 Å². The van der Waals surface area contributed by atoms with Gasteiger partial charge in [-0.1, -0.05) is 5.16 Å². The van der Waals surface area contributed by atoms with Gasteiger partial charge in [-0.05, 0) is 38.5 Å². The summed E-state index contributed by atoms with van der Waals surface area (Å²) < 4.78 is 24.2. The molecule has 1 aliphatic rings. The largest absolute Gasteiger partial charge is 0.452 e. The van der Waals surface area contributed by atoms with Gasteiger partial charge < -0.3 is 14.2 Å². The molecule has 1 unspecified atom stereocenters. The van der Waals surface area contributed by atoms with Crippen molar-refractivity contribution < 1.29 is 23.2 Å². The van der Waals surface area contributed by atoms with E-state index >= 15 is 0 Å². The Labute approximate surface area is 138 Å². The minimum absolute atomic E-state index is 0.0348. The summed E-state index contributed by atoms with van der Waals surface area (Å²) in [5.41, 5.74) is 0.738. The van der Waals surface area contributed by atoms with Crippen molar-refractivity contribution in [1.82, 2.24) is 5.16 Å². The van der Waals surface area contributed by atoms with Gasteiger partial charge in [0.2, 0.25) is 5.91 Å². The van der Waals surface area contributed by atoms with Gasteiger partial charge in [0.25, 0.3) is 0 Å². The van der Waals surface area contributed by atoms with Gasteiger partial charge >= 0.3 is 5.97 Å². The molecule has 1 aliphatic heterocycles. The Balaban J connectivity index is 1.80. The molecule has 1 atom stereocenters. The Bertz CT molecular complexity index is 787. The maximum absolute atomic E-state index is 14.0. The van der Waals surface area contributed by atoms with Crippen molar-refractivity contribution in [3.05, 3.63) is 47.1 Å². The van der Waals surface area contributed by atoms with Crippen molar-refractivity contribution in [2.24, 2.45) is 0 Å². The second kappa shape index (κ2) is 6.43. The van der Waals surface area contributed by atoms with Crippen LogP contribution in [0.5, 0.6) is 0 Å². The molecule has 0 saturated carbocycles. The molecule has 0 N–H and O–H groups in total. The molecule has 1 aromatic heterocycles. The number of aromatic nitrogens is 1. The summed E-state index contributed by atoms with van der Waals surface area (Å²) in [6.45, 7) is 3.91. The minimum Gasteiger partial charge on any atom is -0.452 e. The molecule has 24 heavy (non-hydrogen) atoms. The van der Waals surface area contributed by atoms with Crippen LogP contribution in [-0.4, -0.2) is 23.6 Å². The number of rotatable bonds is 4. The number of aryl methyl sites for hydroxylation is 1. The summed E-state index contributed by atoms with van der Waals surface area (Å²) in [6.07, 6.45) is 0.532. The first kappa shape index (κ1) is 16.2. The molecule has 2 aromatic rings. The molecule has 1 saturated heterocycles. The molecular weight excluding hydrogens is 315 g/mol. The van der Waals surface area contributed by atoms with Gasteiger partial charge in [0.05, 0.1) is 5.56 Å². The van der Waals surface area contributed by atoms with E-state index in [1.807, 2.05) is 0 Å². The van der Waals surface area contributed by atoms with Gasteiger partial charge in [-0.2, -0.15) is 0 Å². The number of ether oxygens (including phenoxy) is 1. The lowest BCUT2D eigenvalue weighted by Gasteiger charge is -2.17. The summed E-state index contributed by atoms with van der Waals surface area (Å²) in [7, 11) is 0. The van der Waals surface area contributed by atoms with Gasteiger partial charge in [-0.25, -0.2) is 9.18 Å². The highest BCUT2D eigenvalue weighted by atomic mass is 19.1. The van der Waals surface area contributed by atoms with Crippen LogP contribution in [0.3, 0.4) is 0 Å². The van der Waals surface area contributed by atoms with Gasteiger partial charge in [0.1, 0.15) is 23.4 Å². The van der Waals surface area contributed by atoms with Crippen molar-refractivity contribution in [2.75, 3.05) is 11.4 Å². The molecule has 0 aliphatic carbocycles. The van der Waals surface area contributed by atoms with Crippen molar-refractivity contribution in [3.8, 4) is 0 Å². The predicted octanol–water partition coefficient (Wildman–Crippen LogP) is 3.17. The summed E-state index contributed by atoms with van der Waals surface area (Å²) in [5, 5.41) is 3.78. The number of anilines is 1. The standard InChI is InChI=1S/C17H17FN2O4/c1-10-8-15(19-24-10)11(2)23-17(22)13-9-12(5-6-14(13)18)20-7-3-4-16(20)21/h5-6,8-9,11H,3-4,7H2,1-2H3. The Morgan fingerprint density at radius 3 is 2.83 bits per heavy atom. The quantitative estimate of drug-likeness (QED) is 0.804. The fraction of sp³-hybridized carbons (Fsp3) is 0.353. The molecular formula is C17H17FN2O4. The smallest absolute Gasteiger partial charge is 0.341 e. The number of carbonyl (C=O) groups is 2. The van der Waals surface area contributed by atoms with Crippen LogP contribution in [0.4, 0.5) is 10.1 Å². The fourth-order valence-electron chi connectivity index (χ4n) is 2.62. The lowest BCUT2D eigenvalue weighted by Crippen LogP contribution is -2.24. The highest BCUT2D eigenvalue weighted by molar-refractivity contribution is 5.97. The zero-order valence-electron chi connectivity index (χ0n) is 13.4. The minimum atomic E-state index is -0.811. The van der Waals surface area contributed by atoms with Crippen LogP contribution in [0.2, 0.25) is 0 Å². The first-order valence-electron chi connectivity index (χ1n) is 7.70. The maximum atomic E-state index is 14.0. The molecule has 126 valence electrons. The van der Waals surface area contributed by atoms with E-state index in [1.165, 1.54) is 18.2 Å². The van der Waals surface area contributed by atoms with Gasteiger partial charge in [-0.15, -0.1) is 0 Å². The van der Waals surface area contributed by atoms with Crippen molar-refractivity contribution >= 4 is 17.6 Å². The fourth-order valence-corrected chi connectivity index (χ4v) is 2.62. The highest BCUT2D eigenvalue weighted by Gasteiger charge is 2.25. The Kier molecular flexibility index (Phi) is 4.33. The Morgan fingerprint density at radius 2 is 2.21 bits per heavy atom. The topological polar surface area (TPSA) is 72.6 Å². The van der Waals surface area contributed by atoms with Gasteiger partial charge in [0.15, 0.2) is 0 Å². The van der Waals surface area contributed by atoms with E-state index in [-0.39, 0.29) is 11.5 Å². The first-order valence-corrected chi connectivity index (χ1v) is 7.70. The average molecular weight is 332 g/mol. The van der Waals surface area contributed by atoms with E-state index in [0.717, 1.165) is 6.42 Å². The molecule has 1 fully saturated rings. The summed E-state index contributed by atoms with van der Waals surface area (Å²) >= 11 is 0. The van der Waals surface area contributed by atoms with Crippen LogP contribution in [0.15, 0.2) is 28.8 Å². The van der Waals surface area contributed by atoms with E-state index in [0.29, 0.717) is 30.1 Å². The van der Waals surface area contributed by atoms with Crippen LogP contribution in [0.1, 0.15) is 47.7 Å². The van der Waals surface area contributed by atoms with Crippen LogP contribution in [-0.2, 0) is 9.53 Å². The predicted molar refractivity (Wildman–Crippen MR) is 83.1 cm³/mol. The number of amides is 1. The number of carbonyl (C=O) groups excluding carboxylic acids is 2. The van der Waals surface area contributed by atoms with E-state index in [2.05, 4.69) is 5.16 Å². The van der Waals surface area contributed by atoms with E-state index in [1.54, 1.807) is 24.8 Å². The highest BCUT2D eigenvalue weighted by Crippen LogP contribution is 2.25. The molecule has 6 nitrogen and oxygen atoms in total. The molecule has 7 heteroatoms. The summed E-state index contributed by atoms with van der Waals surface area (Å²) in [6, 6.07) is 5.65. The van der Waals surface area contributed by atoms with Crippen LogP contribution in [0, 0.1) is 12.7 Å². The molecule has 0 bridgehead atoms. The second-order valence-corrected chi connectivity index (χ2v) is 5.72. The van der Waals surface area contributed by atoms with Crippen molar-refractivity contribution in [1.29, 1.82) is 0 Å². The van der Waals surface area contributed by atoms with Crippen LogP contribution in [0.25, 0.3) is 0 Å². The normalized spacial score (nSPS) is 15.6. The molecule has 1 aromatic carbocycles. The number of hydrogen-bond acceptors (Lipinski definition) is 5. The van der Waals surface area contributed by atoms with Crippen molar-refractivity contribution in [2.45, 2.75) is 32.8 Å². The molecule has 0 radical (unpaired) electrons. The van der Waals surface area contributed by atoms with Gasteiger partial charge in [-0.3, -0.25) is 4.79 Å². The third-order valence-electron chi connectivity index (χ3n) is 3.90. The zero-order chi connectivity index (χ0) is 17.3. The van der Waals surface area contributed by atoms with Crippen molar-refractivity contribution in [3.63, 3.8) is 0 Å². The molecule has 3 rings (SSSR count).